The Hall–Kier alpha value is -4.27. The number of hydrogen-bond donors (Lipinski definition) is 0. The predicted octanol–water partition coefficient (Wildman–Crippen LogP) is 4.64. The van der Waals surface area contributed by atoms with Crippen molar-refractivity contribution in [1.82, 2.24) is 10.1 Å². The molecule has 0 fully saturated rings. The van der Waals surface area contributed by atoms with Crippen molar-refractivity contribution in [2.45, 2.75) is 13.8 Å². The maximum absolute atomic E-state index is 13.1. The maximum Gasteiger partial charge on any atom is 0.344 e. The van der Waals surface area contributed by atoms with Gasteiger partial charge in [-0.3, -0.25) is 10.1 Å². The van der Waals surface area contributed by atoms with Crippen molar-refractivity contribution in [1.29, 1.82) is 0 Å². The second-order valence-electron chi connectivity index (χ2n) is 6.85. The number of fused-ring (bicyclic) bond motifs is 1. The molecular weight excluding hydrogens is 402 g/mol. The van der Waals surface area contributed by atoms with Crippen LogP contribution in [0.4, 0.5) is 5.69 Å². The zero-order valence-electron chi connectivity index (χ0n) is 16.9. The molecule has 2 heterocycles. The van der Waals surface area contributed by atoms with Gasteiger partial charge in [-0.15, -0.1) is 0 Å². The Kier molecular flexibility index (Phi) is 5.08. The average Bonchev–Trinajstić information content (AvgIpc) is 3.14. The summed E-state index contributed by atoms with van der Waals surface area (Å²) >= 11 is 0. The Morgan fingerprint density at radius 3 is 2.48 bits per heavy atom. The largest absolute Gasteiger partial charge is 0.493 e. The first-order chi connectivity index (χ1) is 14.9. The Balaban J connectivity index is 1.81. The van der Waals surface area contributed by atoms with E-state index in [-0.39, 0.29) is 28.5 Å². The summed E-state index contributed by atoms with van der Waals surface area (Å²) in [5, 5.41) is 15.4. The van der Waals surface area contributed by atoms with Crippen LogP contribution in [0.2, 0.25) is 0 Å². The first kappa shape index (κ1) is 20.0. The van der Waals surface area contributed by atoms with Gasteiger partial charge in [0.15, 0.2) is 11.5 Å². The molecule has 9 heteroatoms. The fourth-order valence-electron chi connectivity index (χ4n) is 3.14. The number of esters is 1. The minimum atomic E-state index is -0.745. The third-order valence-electron chi connectivity index (χ3n) is 4.75. The van der Waals surface area contributed by atoms with Crippen molar-refractivity contribution >= 4 is 22.8 Å². The molecule has 0 bridgehead atoms. The van der Waals surface area contributed by atoms with E-state index in [0.29, 0.717) is 16.8 Å². The van der Waals surface area contributed by atoms with Gasteiger partial charge in [0.25, 0.3) is 11.4 Å². The molecule has 0 spiro atoms. The minimum absolute atomic E-state index is 0.0716. The number of nitro groups is 1. The molecule has 4 rings (SSSR count). The Labute approximate surface area is 176 Å². The number of benzene rings is 2. The highest BCUT2D eigenvalue weighted by Crippen LogP contribution is 2.33. The van der Waals surface area contributed by atoms with Gasteiger partial charge in [-0.2, -0.15) is 0 Å². The Morgan fingerprint density at radius 2 is 1.81 bits per heavy atom. The second-order valence-corrected chi connectivity index (χ2v) is 6.85. The number of carbonyl (C=O) groups is 1. The van der Waals surface area contributed by atoms with Crippen LogP contribution in [0.5, 0.6) is 11.5 Å². The molecule has 9 nitrogen and oxygen atoms in total. The lowest BCUT2D eigenvalue weighted by atomic mass is 10.0. The number of pyridine rings is 1. The number of rotatable bonds is 5. The Bertz CT molecular complexity index is 1310. The Morgan fingerprint density at radius 1 is 1.06 bits per heavy atom. The van der Waals surface area contributed by atoms with Crippen molar-refractivity contribution in [2.24, 2.45) is 0 Å². The lowest BCUT2D eigenvalue weighted by Gasteiger charge is -2.10. The topological polar surface area (TPSA) is 118 Å². The van der Waals surface area contributed by atoms with E-state index in [9.17, 15) is 14.9 Å². The van der Waals surface area contributed by atoms with Gasteiger partial charge in [-0.25, -0.2) is 9.78 Å². The van der Waals surface area contributed by atoms with Crippen LogP contribution in [0.15, 0.2) is 53.1 Å². The van der Waals surface area contributed by atoms with Crippen LogP contribution in [-0.2, 0) is 0 Å². The smallest absolute Gasteiger partial charge is 0.344 e. The van der Waals surface area contributed by atoms with Gasteiger partial charge >= 0.3 is 5.97 Å². The van der Waals surface area contributed by atoms with Crippen LogP contribution >= 0.6 is 0 Å². The lowest BCUT2D eigenvalue weighted by Crippen LogP contribution is -2.11. The van der Waals surface area contributed by atoms with E-state index in [4.69, 9.17) is 14.0 Å². The molecule has 2 aromatic carbocycles. The standard InChI is InChI=1S/C22H17N3O6/c1-12-4-6-14(7-5-12)17-11-16(20-13(2)24-31-21(20)23-17)22(26)30-19-10-15(25(27)28)8-9-18(19)29-3/h4-11H,1-3H3. The van der Waals surface area contributed by atoms with Gasteiger partial charge in [0.2, 0.25) is 0 Å². The van der Waals surface area contributed by atoms with E-state index in [1.54, 1.807) is 13.0 Å². The number of aromatic nitrogens is 2. The summed E-state index contributed by atoms with van der Waals surface area (Å²) < 4.78 is 16.0. The molecule has 0 unspecified atom stereocenters. The van der Waals surface area contributed by atoms with E-state index in [2.05, 4.69) is 10.1 Å². The molecular formula is C22H17N3O6. The van der Waals surface area contributed by atoms with Crippen molar-refractivity contribution < 1.29 is 23.7 Å². The summed E-state index contributed by atoms with van der Waals surface area (Å²) in [6, 6.07) is 13.0. The SMILES string of the molecule is COc1ccc([N+](=O)[O-])cc1OC(=O)c1cc(-c2ccc(C)cc2)nc2onc(C)c12. The average molecular weight is 419 g/mol. The number of methoxy groups -OCH3 is 1. The van der Waals surface area contributed by atoms with Gasteiger partial charge < -0.3 is 14.0 Å². The van der Waals surface area contributed by atoms with Crippen LogP contribution in [0, 0.1) is 24.0 Å². The summed E-state index contributed by atoms with van der Waals surface area (Å²) in [4.78, 5) is 28.1. The highest BCUT2D eigenvalue weighted by Gasteiger charge is 2.23. The zero-order valence-corrected chi connectivity index (χ0v) is 16.9. The van der Waals surface area contributed by atoms with Crippen LogP contribution < -0.4 is 9.47 Å². The molecule has 4 aromatic rings. The van der Waals surface area contributed by atoms with Gasteiger partial charge in [0, 0.05) is 11.6 Å². The number of ether oxygens (including phenoxy) is 2. The van der Waals surface area contributed by atoms with Crippen LogP contribution in [-0.4, -0.2) is 28.1 Å². The lowest BCUT2D eigenvalue weighted by molar-refractivity contribution is -0.384. The van der Waals surface area contributed by atoms with Crippen LogP contribution in [0.25, 0.3) is 22.4 Å². The number of nitro benzene ring substituents is 1. The molecule has 31 heavy (non-hydrogen) atoms. The second kappa shape index (κ2) is 7.86. The molecule has 156 valence electrons. The van der Waals surface area contributed by atoms with Gasteiger partial charge in [0.05, 0.1) is 40.4 Å². The number of nitrogens with zero attached hydrogens (tertiary/aromatic N) is 3. The fraction of sp³-hybridized carbons (Fsp3) is 0.136. The molecule has 0 amide bonds. The van der Waals surface area contributed by atoms with Crippen molar-refractivity contribution in [2.75, 3.05) is 7.11 Å². The third-order valence-corrected chi connectivity index (χ3v) is 4.75. The van der Waals surface area contributed by atoms with Gasteiger partial charge in [-0.05, 0) is 26.0 Å². The van der Waals surface area contributed by atoms with E-state index < -0.39 is 10.9 Å². The number of hydrogen-bond acceptors (Lipinski definition) is 8. The maximum atomic E-state index is 13.1. The molecule has 0 aliphatic rings. The number of carbonyl (C=O) groups excluding carboxylic acids is 1. The quantitative estimate of drug-likeness (QED) is 0.199. The van der Waals surface area contributed by atoms with Crippen LogP contribution in [0.1, 0.15) is 21.6 Å². The molecule has 0 aliphatic carbocycles. The minimum Gasteiger partial charge on any atom is -0.493 e. The molecule has 0 atom stereocenters. The summed E-state index contributed by atoms with van der Waals surface area (Å²) in [6.45, 7) is 3.65. The van der Waals surface area contributed by atoms with Crippen LogP contribution in [0.3, 0.4) is 0 Å². The van der Waals surface area contributed by atoms with E-state index in [0.717, 1.165) is 17.2 Å². The fourth-order valence-corrected chi connectivity index (χ4v) is 3.14. The molecule has 0 saturated heterocycles. The van der Waals surface area contributed by atoms with E-state index >= 15 is 0 Å². The molecule has 0 N–H and O–H groups in total. The van der Waals surface area contributed by atoms with Gasteiger partial charge in [0.1, 0.15) is 0 Å². The molecule has 2 aromatic heterocycles. The van der Waals surface area contributed by atoms with E-state index in [1.807, 2.05) is 31.2 Å². The predicted molar refractivity (Wildman–Crippen MR) is 111 cm³/mol. The molecule has 0 aliphatic heterocycles. The van der Waals surface area contributed by atoms with E-state index in [1.165, 1.54) is 19.2 Å². The molecule has 0 saturated carbocycles. The van der Waals surface area contributed by atoms with Crippen molar-refractivity contribution in [3.8, 4) is 22.8 Å². The summed E-state index contributed by atoms with van der Waals surface area (Å²) in [5.41, 5.74) is 2.96. The molecule has 0 radical (unpaired) electrons. The van der Waals surface area contributed by atoms with Crippen molar-refractivity contribution in [3.63, 3.8) is 0 Å². The normalized spacial score (nSPS) is 10.8. The van der Waals surface area contributed by atoms with Gasteiger partial charge in [-0.1, -0.05) is 35.0 Å². The monoisotopic (exact) mass is 419 g/mol. The number of non-ortho nitro benzene ring substituents is 1. The summed E-state index contributed by atoms with van der Waals surface area (Å²) in [6.07, 6.45) is 0. The first-order valence-electron chi connectivity index (χ1n) is 9.26. The summed E-state index contributed by atoms with van der Waals surface area (Å²) in [7, 11) is 1.38. The third kappa shape index (κ3) is 3.80. The highest BCUT2D eigenvalue weighted by atomic mass is 16.6. The number of aryl methyl sites for hydroxylation is 2. The highest BCUT2D eigenvalue weighted by molar-refractivity contribution is 6.05. The summed E-state index contributed by atoms with van der Waals surface area (Å²) in [5.74, 6) is -0.631. The van der Waals surface area contributed by atoms with Crippen molar-refractivity contribution in [3.05, 3.63) is 75.5 Å². The first-order valence-corrected chi connectivity index (χ1v) is 9.26. The zero-order chi connectivity index (χ0) is 22.1.